The molecular weight excluding hydrogens is 619 g/mol. The van der Waals surface area contributed by atoms with Gasteiger partial charge in [-0.2, -0.15) is 0 Å². The minimum absolute atomic E-state index is 0.00146. The van der Waals surface area contributed by atoms with Crippen LogP contribution in [0.5, 0.6) is 0 Å². The summed E-state index contributed by atoms with van der Waals surface area (Å²) >= 11 is 0. The van der Waals surface area contributed by atoms with Crippen LogP contribution in [0.2, 0.25) is 0 Å². The van der Waals surface area contributed by atoms with Crippen LogP contribution in [0.15, 0.2) is 144 Å². The number of hydrogen-bond donors (Lipinski definition) is 0. The normalized spacial score (nSPS) is 15.3. The average molecular weight is 656 g/mol. The molecule has 9 aromatic rings. The Morgan fingerprint density at radius 2 is 1.22 bits per heavy atom. The highest BCUT2D eigenvalue weighted by molar-refractivity contribution is 6.27. The molecule has 2 heteroatoms. The van der Waals surface area contributed by atoms with Crippen molar-refractivity contribution in [1.29, 1.82) is 0 Å². The van der Waals surface area contributed by atoms with Gasteiger partial charge in [0.2, 0.25) is 0 Å². The van der Waals surface area contributed by atoms with Gasteiger partial charge in [0, 0.05) is 32.8 Å². The molecule has 0 atom stereocenters. The number of aromatic nitrogens is 1. The van der Waals surface area contributed by atoms with Gasteiger partial charge in [0.15, 0.2) is 0 Å². The van der Waals surface area contributed by atoms with E-state index in [0.717, 1.165) is 28.4 Å². The molecule has 51 heavy (non-hydrogen) atoms. The number of nitrogens with zero attached hydrogens (tertiary/aromatic N) is 1. The van der Waals surface area contributed by atoms with Crippen molar-refractivity contribution >= 4 is 43.7 Å². The topological polar surface area (TPSA) is 18.1 Å². The van der Waals surface area contributed by atoms with Crippen LogP contribution in [0, 0.1) is 0 Å². The lowest BCUT2D eigenvalue weighted by Crippen LogP contribution is -2.25. The van der Waals surface area contributed by atoms with Gasteiger partial charge in [-0.25, -0.2) is 0 Å². The summed E-state index contributed by atoms with van der Waals surface area (Å²) in [7, 11) is 0. The predicted molar refractivity (Wildman–Crippen MR) is 213 cm³/mol. The molecule has 7 aromatic carbocycles. The average Bonchev–Trinajstić information content (AvgIpc) is 3.77. The first-order chi connectivity index (χ1) is 24.8. The lowest BCUT2D eigenvalue weighted by atomic mass is 9.69. The molecule has 2 aliphatic rings. The van der Waals surface area contributed by atoms with Crippen LogP contribution in [0.25, 0.3) is 82.8 Å². The molecule has 0 saturated heterocycles. The van der Waals surface area contributed by atoms with Gasteiger partial charge in [0.25, 0.3) is 0 Å². The van der Waals surface area contributed by atoms with Crippen molar-refractivity contribution in [1.82, 2.24) is 4.57 Å². The van der Waals surface area contributed by atoms with Gasteiger partial charge >= 0.3 is 0 Å². The fraction of sp³-hybridized carbons (Fsp3) is 0.143. The first-order valence-electron chi connectivity index (χ1n) is 18.1. The van der Waals surface area contributed by atoms with Crippen molar-refractivity contribution in [3.8, 4) is 39.1 Å². The first-order valence-corrected chi connectivity index (χ1v) is 18.1. The minimum atomic E-state index is -0.101. The van der Waals surface area contributed by atoms with Gasteiger partial charge < -0.3 is 8.98 Å². The van der Waals surface area contributed by atoms with Gasteiger partial charge in [-0.3, -0.25) is 0 Å². The van der Waals surface area contributed by atoms with Crippen LogP contribution >= 0.6 is 0 Å². The van der Waals surface area contributed by atoms with Crippen LogP contribution in [-0.4, -0.2) is 4.57 Å². The third kappa shape index (κ3) is 3.83. The minimum Gasteiger partial charge on any atom is -0.455 e. The molecule has 0 spiro atoms. The Labute approximate surface area is 297 Å². The first kappa shape index (κ1) is 28.9. The van der Waals surface area contributed by atoms with E-state index in [9.17, 15) is 0 Å². The van der Waals surface area contributed by atoms with E-state index in [-0.39, 0.29) is 10.8 Å². The van der Waals surface area contributed by atoms with E-state index < -0.39 is 0 Å². The summed E-state index contributed by atoms with van der Waals surface area (Å²) in [5, 5.41) is 4.67. The molecule has 2 nitrogen and oxygen atoms in total. The van der Waals surface area contributed by atoms with Crippen molar-refractivity contribution in [2.24, 2.45) is 0 Å². The highest BCUT2D eigenvalue weighted by atomic mass is 16.3. The molecule has 244 valence electrons. The van der Waals surface area contributed by atoms with Crippen molar-refractivity contribution in [2.45, 2.75) is 44.9 Å². The third-order valence-electron chi connectivity index (χ3n) is 12.1. The summed E-state index contributed by atoms with van der Waals surface area (Å²) in [6.07, 6.45) is 1.02. The van der Waals surface area contributed by atoms with Crippen LogP contribution in [0.3, 0.4) is 0 Å². The summed E-state index contributed by atoms with van der Waals surface area (Å²) in [6.45, 7) is 9.53. The predicted octanol–water partition coefficient (Wildman–Crippen LogP) is 13.2. The zero-order valence-electron chi connectivity index (χ0n) is 29.3. The SMILES string of the molecule is CC1(C)Cc2ccccc2-c2ccc(-c3cc4c5ccccc5oc4c4c5ccccc5n(-c5ccc6c(c5)C(C)(C)c5ccccc5-6)c34)cc21. The van der Waals surface area contributed by atoms with E-state index in [0.29, 0.717) is 0 Å². The number of rotatable bonds is 2. The van der Waals surface area contributed by atoms with E-state index >= 15 is 0 Å². The highest BCUT2D eigenvalue weighted by Gasteiger charge is 2.36. The summed E-state index contributed by atoms with van der Waals surface area (Å²) in [6, 6.07) is 51.9. The Kier molecular flexibility index (Phi) is 5.61. The fourth-order valence-electron chi connectivity index (χ4n) is 9.67. The van der Waals surface area contributed by atoms with Gasteiger partial charge in [-0.15, -0.1) is 0 Å². The number of fused-ring (bicyclic) bond motifs is 13. The smallest absolute Gasteiger partial charge is 0.145 e. The zero-order valence-corrected chi connectivity index (χ0v) is 29.3. The highest BCUT2D eigenvalue weighted by Crippen LogP contribution is 2.51. The second kappa shape index (κ2) is 9.89. The van der Waals surface area contributed by atoms with E-state index in [4.69, 9.17) is 4.42 Å². The van der Waals surface area contributed by atoms with Gasteiger partial charge in [-0.05, 0) is 98.3 Å². The molecule has 2 aromatic heterocycles. The Hall–Kier alpha value is -5.86. The lowest BCUT2D eigenvalue weighted by Gasteiger charge is -2.34. The van der Waals surface area contributed by atoms with Gasteiger partial charge in [0.05, 0.1) is 16.4 Å². The van der Waals surface area contributed by atoms with Crippen LogP contribution in [-0.2, 0) is 17.3 Å². The van der Waals surface area contributed by atoms with Crippen molar-refractivity contribution in [3.63, 3.8) is 0 Å². The Morgan fingerprint density at radius 1 is 0.529 bits per heavy atom. The van der Waals surface area contributed by atoms with Gasteiger partial charge in [0.1, 0.15) is 11.2 Å². The maximum absolute atomic E-state index is 6.81. The molecule has 0 bridgehead atoms. The molecule has 0 N–H and O–H groups in total. The maximum atomic E-state index is 6.81. The molecule has 2 aliphatic carbocycles. The fourth-order valence-corrected chi connectivity index (χ4v) is 9.67. The van der Waals surface area contributed by atoms with E-state index in [1.54, 1.807) is 0 Å². The lowest BCUT2D eigenvalue weighted by molar-refractivity contribution is 0.517. The Bertz CT molecular complexity index is 2950. The van der Waals surface area contributed by atoms with E-state index in [1.807, 2.05) is 0 Å². The quantitative estimate of drug-likeness (QED) is 0.181. The van der Waals surface area contributed by atoms with E-state index in [2.05, 4.69) is 172 Å². The van der Waals surface area contributed by atoms with E-state index in [1.165, 1.54) is 83.1 Å². The number of furan rings is 1. The van der Waals surface area contributed by atoms with Crippen molar-refractivity contribution in [3.05, 3.63) is 162 Å². The number of para-hydroxylation sites is 2. The monoisotopic (exact) mass is 655 g/mol. The third-order valence-corrected chi connectivity index (χ3v) is 12.1. The second-order valence-corrected chi connectivity index (χ2v) is 15.9. The van der Waals surface area contributed by atoms with Crippen molar-refractivity contribution in [2.75, 3.05) is 0 Å². The molecule has 0 saturated carbocycles. The Balaban J connectivity index is 1.27. The standard InChI is InChI=1S/C49H37NO/c1-48(2)28-30-13-5-6-14-32(30)34-23-21-29(25-41(34)48)38-27-39-36-16-9-12-20-44(36)51-47(39)45-37-17-8-11-19-43(37)50(46(38)45)31-22-24-35-33-15-7-10-18-40(33)49(3,4)42(35)26-31/h5-27H,28H2,1-4H3. The summed E-state index contributed by atoms with van der Waals surface area (Å²) in [5.41, 5.74) is 18.7. The number of hydrogen-bond acceptors (Lipinski definition) is 1. The molecule has 2 heterocycles. The molecule has 0 fully saturated rings. The number of benzene rings is 7. The molecule has 0 amide bonds. The summed E-state index contributed by atoms with van der Waals surface area (Å²) in [4.78, 5) is 0. The van der Waals surface area contributed by atoms with Crippen LogP contribution in [0.1, 0.15) is 49.9 Å². The zero-order chi connectivity index (χ0) is 34.2. The summed E-state index contributed by atoms with van der Waals surface area (Å²) in [5.74, 6) is 0. The summed E-state index contributed by atoms with van der Waals surface area (Å²) < 4.78 is 9.32. The molecule has 11 rings (SSSR count). The molecule has 0 radical (unpaired) electrons. The molecule has 0 aliphatic heterocycles. The largest absolute Gasteiger partial charge is 0.455 e. The van der Waals surface area contributed by atoms with Crippen LogP contribution in [0.4, 0.5) is 0 Å². The van der Waals surface area contributed by atoms with Crippen LogP contribution < -0.4 is 0 Å². The van der Waals surface area contributed by atoms with Crippen molar-refractivity contribution < 1.29 is 4.42 Å². The Morgan fingerprint density at radius 3 is 2.10 bits per heavy atom. The molecule has 0 unspecified atom stereocenters. The second-order valence-electron chi connectivity index (χ2n) is 15.9. The van der Waals surface area contributed by atoms with Gasteiger partial charge in [-0.1, -0.05) is 131 Å². The maximum Gasteiger partial charge on any atom is 0.145 e. The molecular formula is C49H37NO.